The molecule has 0 saturated heterocycles. The van der Waals surface area contributed by atoms with Crippen LogP contribution in [0.5, 0.6) is 0 Å². The molecule has 0 spiro atoms. The molecule has 2 N–H and O–H groups in total. The quantitative estimate of drug-likeness (QED) is 0.796. The fourth-order valence-corrected chi connectivity index (χ4v) is 2.30. The van der Waals surface area contributed by atoms with E-state index >= 15 is 0 Å². The number of aryl methyl sites for hydroxylation is 1. The Morgan fingerprint density at radius 2 is 2.45 bits per heavy atom. The molecule has 4 heteroatoms. The lowest BCUT2D eigenvalue weighted by Gasteiger charge is -1.86. The molecule has 11 heavy (non-hydrogen) atoms. The number of carbonyl (C=O) groups excluding carboxylic acids is 1. The Hall–Kier alpha value is -0.350. The predicted molar refractivity (Wildman–Crippen MR) is 50.3 cm³/mol. The zero-order chi connectivity index (χ0) is 8.27. The number of carbonyl (C=O) groups is 1. The topological polar surface area (TPSA) is 43.1 Å². The van der Waals surface area contributed by atoms with Gasteiger partial charge in [0, 0.05) is 15.6 Å². The summed E-state index contributed by atoms with van der Waals surface area (Å²) in [6.07, 6.45) is 0.956. The number of amides is 1. The number of hydrogen-bond acceptors (Lipinski definition) is 2. The van der Waals surface area contributed by atoms with Gasteiger partial charge >= 0.3 is 0 Å². The minimum Gasteiger partial charge on any atom is -0.366 e. The van der Waals surface area contributed by atoms with Crippen molar-refractivity contribution in [2.45, 2.75) is 6.42 Å². The first-order chi connectivity index (χ1) is 5.24. The van der Waals surface area contributed by atoms with Crippen molar-refractivity contribution in [2.24, 2.45) is 5.73 Å². The lowest BCUT2D eigenvalue weighted by Crippen LogP contribution is -2.09. The van der Waals surface area contributed by atoms with Crippen LogP contribution in [-0.4, -0.2) is 11.2 Å². The molecule has 60 valence electrons. The van der Waals surface area contributed by atoms with Crippen LogP contribution in [0.4, 0.5) is 0 Å². The van der Waals surface area contributed by atoms with Gasteiger partial charge in [-0.1, -0.05) is 15.9 Å². The van der Waals surface area contributed by atoms with Crippen LogP contribution in [-0.2, 0) is 6.42 Å². The molecular formula is C7H8BrNOS. The number of hydrogen-bond donors (Lipinski definition) is 1. The Kier molecular flexibility index (Phi) is 3.08. The Morgan fingerprint density at radius 3 is 2.91 bits per heavy atom. The Bertz CT molecular complexity index is 259. The molecule has 1 heterocycles. The molecule has 0 unspecified atom stereocenters. The molecule has 2 nitrogen and oxygen atoms in total. The van der Waals surface area contributed by atoms with Crippen LogP contribution >= 0.6 is 27.3 Å². The second-order valence-corrected chi connectivity index (χ2v) is 3.89. The summed E-state index contributed by atoms with van der Waals surface area (Å²) in [6, 6.07) is 1.84. The molecule has 0 aliphatic heterocycles. The van der Waals surface area contributed by atoms with Gasteiger partial charge in [0.05, 0.1) is 5.56 Å². The average molecular weight is 234 g/mol. The highest BCUT2D eigenvalue weighted by atomic mass is 79.9. The molecule has 1 aromatic heterocycles. The minimum atomic E-state index is -0.345. The van der Waals surface area contributed by atoms with Crippen molar-refractivity contribution in [1.29, 1.82) is 0 Å². The summed E-state index contributed by atoms with van der Waals surface area (Å²) in [7, 11) is 0. The van der Waals surface area contributed by atoms with Crippen molar-refractivity contribution >= 4 is 33.2 Å². The van der Waals surface area contributed by atoms with Gasteiger partial charge in [-0.25, -0.2) is 0 Å². The number of primary amides is 1. The summed E-state index contributed by atoms with van der Waals surface area (Å²) in [5.74, 6) is -0.345. The van der Waals surface area contributed by atoms with Crippen molar-refractivity contribution < 1.29 is 4.79 Å². The molecule has 0 bridgehead atoms. The SMILES string of the molecule is NC(=O)c1csc(CCBr)c1. The van der Waals surface area contributed by atoms with Gasteiger partial charge in [0.25, 0.3) is 0 Å². The number of thiophene rings is 1. The molecule has 0 atom stereocenters. The number of nitrogens with two attached hydrogens (primary N) is 1. The average Bonchev–Trinajstić information content (AvgIpc) is 2.37. The van der Waals surface area contributed by atoms with Gasteiger partial charge in [-0.05, 0) is 12.5 Å². The minimum absolute atomic E-state index is 0.345. The zero-order valence-corrected chi connectivity index (χ0v) is 8.24. The second-order valence-electron chi connectivity index (χ2n) is 2.10. The third-order valence-corrected chi connectivity index (χ3v) is 2.67. The predicted octanol–water partition coefficient (Wildman–Crippen LogP) is 1.78. The molecule has 0 aliphatic carbocycles. The Balaban J connectivity index is 2.73. The van der Waals surface area contributed by atoms with E-state index in [2.05, 4.69) is 15.9 Å². The van der Waals surface area contributed by atoms with E-state index in [0.29, 0.717) is 5.56 Å². The highest BCUT2D eigenvalue weighted by Gasteiger charge is 2.03. The highest BCUT2D eigenvalue weighted by Crippen LogP contribution is 2.15. The summed E-state index contributed by atoms with van der Waals surface area (Å²) in [5.41, 5.74) is 5.70. The van der Waals surface area contributed by atoms with Gasteiger partial charge in [0.15, 0.2) is 0 Å². The van der Waals surface area contributed by atoms with Crippen LogP contribution in [0.1, 0.15) is 15.2 Å². The lowest BCUT2D eigenvalue weighted by atomic mass is 10.3. The first-order valence-corrected chi connectivity index (χ1v) is 5.17. The van der Waals surface area contributed by atoms with E-state index in [1.165, 1.54) is 4.88 Å². The number of halogens is 1. The van der Waals surface area contributed by atoms with Gasteiger partial charge in [0.2, 0.25) is 5.91 Å². The normalized spacial score (nSPS) is 9.91. The molecule has 0 fully saturated rings. The maximum absolute atomic E-state index is 10.6. The third kappa shape index (κ3) is 2.31. The molecule has 0 aromatic carbocycles. The third-order valence-electron chi connectivity index (χ3n) is 1.28. The van der Waals surface area contributed by atoms with Crippen LogP contribution in [0.25, 0.3) is 0 Å². The van der Waals surface area contributed by atoms with Gasteiger partial charge in [0.1, 0.15) is 0 Å². The van der Waals surface area contributed by atoms with Crippen molar-refractivity contribution in [3.05, 3.63) is 21.9 Å². The summed E-state index contributed by atoms with van der Waals surface area (Å²) < 4.78 is 0. The zero-order valence-electron chi connectivity index (χ0n) is 5.84. The summed E-state index contributed by atoms with van der Waals surface area (Å²) in [6.45, 7) is 0. The summed E-state index contributed by atoms with van der Waals surface area (Å²) in [5, 5.41) is 2.71. The van der Waals surface area contributed by atoms with E-state index in [1.54, 1.807) is 16.7 Å². The van der Waals surface area contributed by atoms with Gasteiger partial charge in [-0.15, -0.1) is 11.3 Å². The van der Waals surface area contributed by atoms with E-state index in [0.717, 1.165) is 11.8 Å². The molecular weight excluding hydrogens is 226 g/mol. The van der Waals surface area contributed by atoms with Crippen molar-refractivity contribution in [2.75, 3.05) is 5.33 Å². The van der Waals surface area contributed by atoms with Crippen LogP contribution in [0.2, 0.25) is 0 Å². The maximum atomic E-state index is 10.6. The summed E-state index contributed by atoms with van der Waals surface area (Å²) >= 11 is 4.89. The summed E-state index contributed by atoms with van der Waals surface area (Å²) in [4.78, 5) is 11.8. The van der Waals surface area contributed by atoms with E-state index in [-0.39, 0.29) is 5.91 Å². The lowest BCUT2D eigenvalue weighted by molar-refractivity contribution is 0.100. The van der Waals surface area contributed by atoms with Crippen molar-refractivity contribution in [1.82, 2.24) is 0 Å². The van der Waals surface area contributed by atoms with E-state index < -0.39 is 0 Å². The van der Waals surface area contributed by atoms with Crippen LogP contribution in [0.15, 0.2) is 11.4 Å². The number of rotatable bonds is 3. The molecule has 0 saturated carbocycles. The largest absolute Gasteiger partial charge is 0.366 e. The molecule has 1 amide bonds. The molecule has 1 aromatic rings. The van der Waals surface area contributed by atoms with E-state index in [9.17, 15) is 4.79 Å². The van der Waals surface area contributed by atoms with Gasteiger partial charge in [-0.3, -0.25) is 4.79 Å². The molecule has 0 aliphatic rings. The van der Waals surface area contributed by atoms with Crippen LogP contribution in [0.3, 0.4) is 0 Å². The smallest absolute Gasteiger partial charge is 0.249 e. The van der Waals surface area contributed by atoms with Crippen molar-refractivity contribution in [3.63, 3.8) is 0 Å². The fraction of sp³-hybridized carbons (Fsp3) is 0.286. The van der Waals surface area contributed by atoms with Crippen molar-refractivity contribution in [3.8, 4) is 0 Å². The first-order valence-electron chi connectivity index (χ1n) is 3.17. The highest BCUT2D eigenvalue weighted by molar-refractivity contribution is 9.09. The fourth-order valence-electron chi connectivity index (χ4n) is 0.734. The van der Waals surface area contributed by atoms with Gasteiger partial charge in [-0.2, -0.15) is 0 Å². The first kappa shape index (κ1) is 8.74. The Labute approximate surface area is 77.5 Å². The monoisotopic (exact) mass is 233 g/mol. The number of alkyl halides is 1. The van der Waals surface area contributed by atoms with E-state index in [1.807, 2.05) is 6.07 Å². The Morgan fingerprint density at radius 1 is 1.73 bits per heavy atom. The van der Waals surface area contributed by atoms with Crippen LogP contribution in [0, 0.1) is 0 Å². The second kappa shape index (κ2) is 3.88. The molecule has 0 radical (unpaired) electrons. The van der Waals surface area contributed by atoms with E-state index in [4.69, 9.17) is 5.73 Å². The van der Waals surface area contributed by atoms with Crippen LogP contribution < -0.4 is 5.73 Å². The van der Waals surface area contributed by atoms with Gasteiger partial charge < -0.3 is 5.73 Å². The molecule has 1 rings (SSSR count). The standard InChI is InChI=1S/C7H8BrNOS/c8-2-1-6-3-5(4-11-6)7(9)10/h3-4H,1-2H2,(H2,9,10). The maximum Gasteiger partial charge on any atom is 0.249 e.